The normalized spacial score (nSPS) is 18.2. The zero-order valence-electron chi connectivity index (χ0n) is 42.9. The Morgan fingerprint density at radius 2 is 0.853 bits per heavy atom. The van der Waals surface area contributed by atoms with Crippen molar-refractivity contribution in [2.24, 2.45) is 0 Å². The van der Waals surface area contributed by atoms with Gasteiger partial charge in [0.1, 0.15) is 0 Å². The van der Waals surface area contributed by atoms with Gasteiger partial charge in [-0.2, -0.15) is 0 Å². The van der Waals surface area contributed by atoms with Gasteiger partial charge < -0.3 is 24.9 Å². The first-order valence-corrected chi connectivity index (χ1v) is 27.9. The summed E-state index contributed by atoms with van der Waals surface area (Å²) in [6.07, 6.45) is 1.98. The maximum Gasteiger partial charge on any atom is 0.253 e. The predicted octanol–water partition coefficient (Wildman–Crippen LogP) is 7.72. The van der Waals surface area contributed by atoms with Gasteiger partial charge in [0.15, 0.2) is 0 Å². The minimum absolute atomic E-state index is 0.112. The number of hydrogen-bond donors (Lipinski definition) is 1. The smallest absolute Gasteiger partial charge is 0.253 e. The highest BCUT2D eigenvalue weighted by atomic mass is 79.9. The summed E-state index contributed by atoms with van der Waals surface area (Å²) in [6.45, 7) is 14.3. The molecule has 0 spiro atoms. The Bertz CT molecular complexity index is 2870. The van der Waals surface area contributed by atoms with Gasteiger partial charge in [0.05, 0.1) is 0 Å². The summed E-state index contributed by atoms with van der Waals surface area (Å²) in [5, 5.41) is 4.32. The number of halogens is 1. The Balaban J connectivity index is 0.000000151. The number of likely N-dealkylation sites (tertiary alicyclic amines) is 2. The summed E-state index contributed by atoms with van der Waals surface area (Å²) in [7, 11) is 0. The number of carbonyl (C=O) groups excluding carboxylic acids is 4. The second kappa shape index (κ2) is 24.9. The van der Waals surface area contributed by atoms with Gasteiger partial charge in [-0.15, -0.1) is 0 Å². The van der Waals surface area contributed by atoms with Gasteiger partial charge in [0.25, 0.3) is 23.6 Å². The number of amides is 4. The lowest BCUT2D eigenvalue weighted by atomic mass is 9.95. The Morgan fingerprint density at radius 3 is 1.32 bits per heavy atom. The molecule has 75 heavy (non-hydrogen) atoms. The van der Waals surface area contributed by atoms with Gasteiger partial charge in [0, 0.05) is 144 Å². The number of piperazine rings is 2. The molecule has 0 radical (unpaired) electrons. The van der Waals surface area contributed by atoms with Gasteiger partial charge in [-0.25, -0.2) is 0 Å². The first kappa shape index (κ1) is 52.0. The average molecular weight is 1070 g/mol. The molecule has 6 aromatic carbocycles. The van der Waals surface area contributed by atoms with Crippen LogP contribution in [0.4, 0.5) is 0 Å². The van der Waals surface area contributed by atoms with Gasteiger partial charge in [0.2, 0.25) is 0 Å². The molecule has 6 aromatic rings. The number of carbonyl (C=O) groups is 4. The highest BCUT2D eigenvalue weighted by Crippen LogP contribution is 2.27. The predicted molar refractivity (Wildman–Crippen MR) is 299 cm³/mol. The largest absolute Gasteiger partial charge is 0.336 e. The van der Waals surface area contributed by atoms with E-state index in [1.807, 2.05) is 111 Å². The first-order chi connectivity index (χ1) is 36.8. The van der Waals surface area contributed by atoms with Gasteiger partial charge in [-0.3, -0.25) is 33.9 Å². The third kappa shape index (κ3) is 13.0. The Kier molecular flexibility index (Phi) is 17.3. The number of rotatable bonds is 9. The molecule has 6 aliphatic rings. The van der Waals surface area contributed by atoms with Crippen molar-refractivity contribution in [1.29, 1.82) is 0 Å². The molecule has 6 heterocycles. The van der Waals surface area contributed by atoms with Crippen molar-refractivity contribution in [2.45, 2.75) is 49.9 Å². The standard InChI is InChI=1S/C31H34N4O2.C24H28N4O2.C7H7Br/c36-30(25-9-5-2-6-10-25)34-17-15-33(16-18-34)29-22-35(23-29)31(37)27-11-12-28-21-32(14-13-26(28)19-27)20-24-7-3-1-4-8-24;29-23(18-4-2-1-3-5-18)27-12-10-26(11-13-27)22-16-28(17-22)24(30)20-6-7-21-15-25-9-8-19(21)14-20;8-6-7-4-2-1-3-5-7/h1-12,19,29H,13-18,20-23H2;1-7,14,22,25H,8-13,15-17H2;1-5H,6H2. The zero-order valence-corrected chi connectivity index (χ0v) is 44.5. The first-order valence-electron chi connectivity index (χ1n) is 26.8. The SMILES string of the molecule is BrCc1ccccc1.O=C(c1ccccc1)N1CCN(C2CN(C(=O)c3ccc4c(c3)CCN(Cc3ccccc3)C4)C2)CC1.O=C(c1ccccc1)N1CCN(C2CN(C(=O)c3ccc4c(c3)CCNC4)C2)CC1. The fraction of sp³-hybridized carbons (Fsp3) is 0.355. The highest BCUT2D eigenvalue weighted by Gasteiger charge is 2.39. The summed E-state index contributed by atoms with van der Waals surface area (Å²) in [5.74, 6) is 0.513. The average Bonchev–Trinajstić information content (AvgIpc) is 3.45. The molecular weight excluding hydrogens is 1000 g/mol. The molecule has 0 bridgehead atoms. The fourth-order valence-corrected chi connectivity index (χ4v) is 11.4. The molecule has 1 N–H and O–H groups in total. The third-order valence-electron chi connectivity index (χ3n) is 15.7. The summed E-state index contributed by atoms with van der Waals surface area (Å²) in [5.41, 5.74) is 11.1. The van der Waals surface area contributed by atoms with Crippen molar-refractivity contribution in [1.82, 2.24) is 39.6 Å². The van der Waals surface area contributed by atoms with Crippen molar-refractivity contribution in [3.05, 3.63) is 213 Å². The van der Waals surface area contributed by atoms with E-state index in [2.05, 4.69) is 103 Å². The van der Waals surface area contributed by atoms with E-state index in [9.17, 15) is 19.2 Å². The van der Waals surface area contributed by atoms with E-state index < -0.39 is 0 Å². The van der Waals surface area contributed by atoms with E-state index in [-0.39, 0.29) is 23.6 Å². The van der Waals surface area contributed by atoms with E-state index >= 15 is 0 Å². The van der Waals surface area contributed by atoms with Crippen molar-refractivity contribution in [3.8, 4) is 0 Å². The number of alkyl halides is 1. The Morgan fingerprint density at radius 1 is 0.427 bits per heavy atom. The van der Waals surface area contributed by atoms with Crippen LogP contribution in [0, 0.1) is 0 Å². The maximum atomic E-state index is 13.2. The molecule has 4 fully saturated rings. The van der Waals surface area contributed by atoms with Crippen LogP contribution in [0.2, 0.25) is 0 Å². The second-order valence-corrected chi connectivity index (χ2v) is 21.1. The summed E-state index contributed by atoms with van der Waals surface area (Å²) >= 11 is 3.36. The molecule has 0 aromatic heterocycles. The lowest BCUT2D eigenvalue weighted by Crippen LogP contribution is -2.64. The molecule has 0 unspecified atom stereocenters. The van der Waals surface area contributed by atoms with Crippen LogP contribution in [0.1, 0.15) is 74.8 Å². The van der Waals surface area contributed by atoms with Crippen molar-refractivity contribution in [3.63, 3.8) is 0 Å². The van der Waals surface area contributed by atoms with Crippen LogP contribution < -0.4 is 5.32 Å². The minimum atomic E-state index is 0.112. The lowest BCUT2D eigenvalue weighted by molar-refractivity contribution is 0.00806. The summed E-state index contributed by atoms with van der Waals surface area (Å²) in [6, 6.07) is 53.1. The summed E-state index contributed by atoms with van der Waals surface area (Å²) < 4.78 is 0. The molecule has 0 aliphatic carbocycles. The number of nitrogens with zero attached hydrogens (tertiary/aromatic N) is 7. The van der Waals surface area contributed by atoms with Crippen LogP contribution >= 0.6 is 15.9 Å². The second-order valence-electron chi connectivity index (χ2n) is 20.6. The van der Waals surface area contributed by atoms with Crippen molar-refractivity contribution >= 4 is 39.6 Å². The molecule has 0 atom stereocenters. The van der Waals surface area contributed by atoms with Gasteiger partial charge in [-0.1, -0.05) is 125 Å². The van der Waals surface area contributed by atoms with Crippen LogP contribution in [0.15, 0.2) is 158 Å². The van der Waals surface area contributed by atoms with E-state index in [1.54, 1.807) is 0 Å². The van der Waals surface area contributed by atoms with Crippen molar-refractivity contribution in [2.75, 3.05) is 91.6 Å². The monoisotopic (exact) mass is 1070 g/mol. The highest BCUT2D eigenvalue weighted by molar-refractivity contribution is 9.08. The molecule has 6 aliphatic heterocycles. The van der Waals surface area contributed by atoms with Crippen LogP contribution in [-0.2, 0) is 37.8 Å². The Hall–Kier alpha value is -6.48. The number of benzene rings is 6. The molecule has 13 heteroatoms. The van der Waals surface area contributed by atoms with E-state index in [4.69, 9.17) is 0 Å². The van der Waals surface area contributed by atoms with Crippen LogP contribution in [0.5, 0.6) is 0 Å². The third-order valence-corrected chi connectivity index (χ3v) is 16.4. The molecule has 4 saturated heterocycles. The van der Waals surface area contributed by atoms with E-state index in [1.165, 1.54) is 33.4 Å². The number of nitrogens with one attached hydrogen (secondary N) is 1. The van der Waals surface area contributed by atoms with Crippen LogP contribution in [0.25, 0.3) is 0 Å². The van der Waals surface area contributed by atoms with Crippen molar-refractivity contribution < 1.29 is 19.2 Å². The molecule has 12 nitrogen and oxygen atoms in total. The fourth-order valence-electron chi connectivity index (χ4n) is 11.1. The van der Waals surface area contributed by atoms with Gasteiger partial charge >= 0.3 is 0 Å². The number of hydrogen-bond acceptors (Lipinski definition) is 8. The topological polar surface area (TPSA) is 103 Å². The van der Waals surface area contributed by atoms with E-state index in [0.29, 0.717) is 12.1 Å². The molecule has 12 rings (SSSR count). The lowest BCUT2D eigenvalue weighted by Gasteiger charge is -2.48. The molecule has 0 saturated carbocycles. The maximum absolute atomic E-state index is 13.2. The quantitative estimate of drug-likeness (QED) is 0.147. The van der Waals surface area contributed by atoms with Gasteiger partial charge in [-0.05, 0) is 101 Å². The van der Waals surface area contributed by atoms with Crippen LogP contribution in [-0.4, -0.2) is 162 Å². The molecule has 388 valence electrons. The summed E-state index contributed by atoms with van der Waals surface area (Å²) in [4.78, 5) is 66.5. The minimum Gasteiger partial charge on any atom is -0.336 e. The van der Waals surface area contributed by atoms with Crippen LogP contribution in [0.3, 0.4) is 0 Å². The number of fused-ring (bicyclic) bond motifs is 2. The molecule has 4 amide bonds. The Labute approximate surface area is 451 Å². The van der Waals surface area contributed by atoms with E-state index in [0.717, 1.165) is 152 Å². The zero-order chi connectivity index (χ0) is 51.5. The molecular formula is C62H69BrN8O4.